The molecule has 0 spiro atoms. The highest BCUT2D eigenvalue weighted by Gasteiger charge is 2.15. The first kappa shape index (κ1) is 21.6. The van der Waals surface area contributed by atoms with Gasteiger partial charge in [-0.05, 0) is 49.7 Å². The van der Waals surface area contributed by atoms with Gasteiger partial charge in [0.05, 0.1) is 39.4 Å². The second-order valence-corrected chi connectivity index (χ2v) is 8.01. The first-order valence-corrected chi connectivity index (χ1v) is 10.5. The molecule has 27 heavy (non-hydrogen) atoms. The number of benzene rings is 2. The van der Waals surface area contributed by atoms with Crippen molar-refractivity contribution >= 4 is 51.0 Å². The molecule has 146 valence electrons. The molecule has 0 aromatic heterocycles. The molecule has 2 aromatic carbocycles. The lowest BCUT2D eigenvalue weighted by Crippen LogP contribution is -2.18. The van der Waals surface area contributed by atoms with Crippen LogP contribution in [0.1, 0.15) is 19.4 Å². The van der Waals surface area contributed by atoms with Gasteiger partial charge in [0, 0.05) is 0 Å². The summed E-state index contributed by atoms with van der Waals surface area (Å²) in [6.45, 7) is 4.51. The van der Waals surface area contributed by atoms with Gasteiger partial charge in [0.1, 0.15) is 0 Å². The van der Waals surface area contributed by atoms with Gasteiger partial charge in [-0.25, -0.2) is 4.83 Å². The molecule has 0 aliphatic carbocycles. The standard InChI is InChI=1S/C17H17Cl3N2O4S/c1-3-25-16-8-11(7-15(20)17(16)26-4-2)10-21-22-27(23,24)12-5-6-13(18)14(19)9-12/h5-10,22H,3-4H2,1-2H3/b21-10+. The maximum absolute atomic E-state index is 12.3. The summed E-state index contributed by atoms with van der Waals surface area (Å²) in [5, 5.41) is 4.48. The third kappa shape index (κ3) is 5.65. The van der Waals surface area contributed by atoms with Crippen LogP contribution < -0.4 is 14.3 Å². The van der Waals surface area contributed by atoms with E-state index in [4.69, 9.17) is 44.3 Å². The number of nitrogens with one attached hydrogen (secondary N) is 1. The van der Waals surface area contributed by atoms with Crippen molar-refractivity contribution in [2.75, 3.05) is 13.2 Å². The quantitative estimate of drug-likeness (QED) is 0.464. The van der Waals surface area contributed by atoms with Crippen molar-refractivity contribution in [2.45, 2.75) is 18.7 Å². The summed E-state index contributed by atoms with van der Waals surface area (Å²) >= 11 is 17.9. The first-order valence-electron chi connectivity index (χ1n) is 7.87. The molecule has 0 aliphatic rings. The number of nitrogens with zero attached hydrogens (tertiary/aromatic N) is 1. The predicted molar refractivity (Wildman–Crippen MR) is 108 cm³/mol. The largest absolute Gasteiger partial charge is 0.490 e. The van der Waals surface area contributed by atoms with Gasteiger partial charge in [-0.15, -0.1) is 0 Å². The van der Waals surface area contributed by atoms with Crippen LogP contribution in [0.15, 0.2) is 40.3 Å². The molecule has 0 atom stereocenters. The molecule has 0 saturated carbocycles. The fourth-order valence-corrected chi connectivity index (χ4v) is 3.53. The molecule has 0 unspecified atom stereocenters. The topological polar surface area (TPSA) is 77.0 Å². The molecule has 0 saturated heterocycles. The van der Waals surface area contributed by atoms with Gasteiger partial charge in [0.25, 0.3) is 10.0 Å². The van der Waals surface area contributed by atoms with Gasteiger partial charge in [-0.3, -0.25) is 0 Å². The monoisotopic (exact) mass is 450 g/mol. The van der Waals surface area contributed by atoms with Gasteiger partial charge in [-0.2, -0.15) is 13.5 Å². The maximum Gasteiger partial charge on any atom is 0.276 e. The number of halogens is 3. The summed E-state index contributed by atoms with van der Waals surface area (Å²) in [4.78, 5) is 2.04. The molecular formula is C17H17Cl3N2O4S. The summed E-state index contributed by atoms with van der Waals surface area (Å²) in [5.41, 5.74) is 0.531. The van der Waals surface area contributed by atoms with Crippen molar-refractivity contribution in [1.82, 2.24) is 4.83 Å². The zero-order valence-electron chi connectivity index (χ0n) is 14.5. The van der Waals surface area contributed by atoms with Crippen molar-refractivity contribution in [3.63, 3.8) is 0 Å². The molecule has 2 rings (SSSR count). The maximum atomic E-state index is 12.3. The van der Waals surface area contributed by atoms with E-state index >= 15 is 0 Å². The molecule has 10 heteroatoms. The average molecular weight is 452 g/mol. The second kappa shape index (κ2) is 9.50. The van der Waals surface area contributed by atoms with E-state index in [0.29, 0.717) is 35.3 Å². The summed E-state index contributed by atoms with van der Waals surface area (Å²) in [6.07, 6.45) is 1.30. The highest BCUT2D eigenvalue weighted by molar-refractivity contribution is 7.89. The summed E-state index contributed by atoms with van der Waals surface area (Å²) in [7, 11) is -3.90. The fraction of sp³-hybridized carbons (Fsp3) is 0.235. The number of hydrazone groups is 1. The van der Waals surface area contributed by atoms with Crippen LogP contribution in [0.4, 0.5) is 0 Å². The molecule has 6 nitrogen and oxygen atoms in total. The molecule has 1 N–H and O–H groups in total. The fourth-order valence-electron chi connectivity index (χ4n) is 2.08. The number of ether oxygens (including phenoxy) is 2. The molecule has 0 bridgehead atoms. The van der Waals surface area contributed by atoms with Crippen LogP contribution in [-0.4, -0.2) is 27.8 Å². The van der Waals surface area contributed by atoms with Crippen LogP contribution >= 0.6 is 34.8 Å². The van der Waals surface area contributed by atoms with Crippen molar-refractivity contribution in [3.05, 3.63) is 51.0 Å². The van der Waals surface area contributed by atoms with Crippen molar-refractivity contribution in [2.24, 2.45) is 5.10 Å². The van der Waals surface area contributed by atoms with E-state index in [1.54, 1.807) is 12.1 Å². The Hall–Kier alpha value is -1.67. The third-order valence-electron chi connectivity index (χ3n) is 3.21. The Kier molecular flexibility index (Phi) is 7.61. The zero-order valence-corrected chi connectivity index (χ0v) is 17.6. The zero-order chi connectivity index (χ0) is 20.0. The van der Waals surface area contributed by atoms with Crippen molar-refractivity contribution in [3.8, 4) is 11.5 Å². The summed E-state index contributed by atoms with van der Waals surface area (Å²) < 4.78 is 35.5. The van der Waals surface area contributed by atoms with Gasteiger partial charge in [0.2, 0.25) is 0 Å². The van der Waals surface area contributed by atoms with E-state index in [-0.39, 0.29) is 14.9 Å². The molecular weight excluding hydrogens is 435 g/mol. The van der Waals surface area contributed by atoms with E-state index in [2.05, 4.69) is 9.93 Å². The lowest BCUT2D eigenvalue weighted by Gasteiger charge is -2.13. The van der Waals surface area contributed by atoms with Crippen LogP contribution in [0.2, 0.25) is 15.1 Å². The first-order chi connectivity index (χ1) is 12.8. The van der Waals surface area contributed by atoms with Crippen LogP contribution in [0.25, 0.3) is 0 Å². The van der Waals surface area contributed by atoms with Crippen LogP contribution in [-0.2, 0) is 10.0 Å². The van der Waals surface area contributed by atoms with E-state index < -0.39 is 10.0 Å². The van der Waals surface area contributed by atoms with E-state index in [0.717, 1.165) is 0 Å². The predicted octanol–water partition coefficient (Wildman–Crippen LogP) is 4.76. The van der Waals surface area contributed by atoms with E-state index in [9.17, 15) is 8.42 Å². The minimum absolute atomic E-state index is 0.0613. The Morgan fingerprint density at radius 1 is 1.00 bits per heavy atom. The van der Waals surface area contributed by atoms with Crippen LogP contribution in [0, 0.1) is 0 Å². The van der Waals surface area contributed by atoms with Gasteiger partial charge in [-0.1, -0.05) is 34.8 Å². The molecule has 2 aromatic rings. The summed E-state index contributed by atoms with van der Waals surface area (Å²) in [6, 6.07) is 7.20. The minimum Gasteiger partial charge on any atom is -0.490 e. The Morgan fingerprint density at radius 2 is 1.70 bits per heavy atom. The highest BCUT2D eigenvalue weighted by atomic mass is 35.5. The third-order valence-corrected chi connectivity index (χ3v) is 5.45. The SMILES string of the molecule is CCOc1cc(/C=N/NS(=O)(=O)c2ccc(Cl)c(Cl)c2)cc(Cl)c1OCC. The smallest absolute Gasteiger partial charge is 0.276 e. The van der Waals surface area contributed by atoms with Crippen LogP contribution in [0.3, 0.4) is 0 Å². The molecule has 0 aliphatic heterocycles. The Labute approximate surface area is 173 Å². The molecule has 0 fully saturated rings. The van der Waals surface area contributed by atoms with Crippen LogP contribution in [0.5, 0.6) is 11.5 Å². The highest BCUT2D eigenvalue weighted by Crippen LogP contribution is 2.36. The molecule has 0 radical (unpaired) electrons. The molecule has 0 amide bonds. The Bertz CT molecular complexity index is 949. The normalized spacial score (nSPS) is 11.6. The lowest BCUT2D eigenvalue weighted by atomic mass is 10.2. The van der Waals surface area contributed by atoms with E-state index in [1.165, 1.54) is 24.4 Å². The average Bonchev–Trinajstić information content (AvgIpc) is 2.60. The number of sulfonamides is 1. The van der Waals surface area contributed by atoms with Crippen molar-refractivity contribution < 1.29 is 17.9 Å². The number of hydrogen-bond donors (Lipinski definition) is 1. The lowest BCUT2D eigenvalue weighted by molar-refractivity contribution is 0.288. The summed E-state index contributed by atoms with van der Waals surface area (Å²) in [5.74, 6) is 0.871. The Morgan fingerprint density at radius 3 is 2.33 bits per heavy atom. The van der Waals surface area contributed by atoms with E-state index in [1.807, 2.05) is 13.8 Å². The number of hydrogen-bond acceptors (Lipinski definition) is 5. The van der Waals surface area contributed by atoms with Gasteiger partial charge >= 0.3 is 0 Å². The second-order valence-electron chi connectivity index (χ2n) is 5.12. The van der Waals surface area contributed by atoms with Crippen molar-refractivity contribution in [1.29, 1.82) is 0 Å². The van der Waals surface area contributed by atoms with Gasteiger partial charge in [0.15, 0.2) is 11.5 Å². The Balaban J connectivity index is 2.23. The molecule has 0 heterocycles. The minimum atomic E-state index is -3.90. The van der Waals surface area contributed by atoms with Gasteiger partial charge < -0.3 is 9.47 Å². The number of rotatable bonds is 8.